The van der Waals surface area contributed by atoms with Crippen LogP contribution in [0.15, 0.2) is 28.7 Å². The molecule has 2 aliphatic rings. The van der Waals surface area contributed by atoms with Gasteiger partial charge in [0.15, 0.2) is 0 Å². The van der Waals surface area contributed by atoms with E-state index in [2.05, 4.69) is 28.1 Å². The lowest BCUT2D eigenvalue weighted by atomic mass is 10.1. The van der Waals surface area contributed by atoms with E-state index < -0.39 is 0 Å². The number of halogens is 1. The van der Waals surface area contributed by atoms with Crippen molar-refractivity contribution in [3.8, 4) is 0 Å². The summed E-state index contributed by atoms with van der Waals surface area (Å²) in [4.78, 5) is 14.2. The van der Waals surface area contributed by atoms with Gasteiger partial charge >= 0.3 is 0 Å². The predicted octanol–water partition coefficient (Wildman–Crippen LogP) is 2.11. The number of hydrogen-bond donors (Lipinski definition) is 1. The third-order valence-electron chi connectivity index (χ3n) is 3.92. The fraction of sp³-hybridized carbons (Fsp3) is 0.500. The van der Waals surface area contributed by atoms with Gasteiger partial charge in [0.1, 0.15) is 0 Å². The molecule has 0 radical (unpaired) electrons. The average Bonchev–Trinajstić information content (AvgIpc) is 3.04. The lowest BCUT2D eigenvalue weighted by molar-refractivity contribution is -0.131. The van der Waals surface area contributed by atoms with Crippen molar-refractivity contribution >= 4 is 21.8 Å². The van der Waals surface area contributed by atoms with E-state index in [1.54, 1.807) is 0 Å². The van der Waals surface area contributed by atoms with E-state index in [9.17, 15) is 4.79 Å². The van der Waals surface area contributed by atoms with Crippen LogP contribution in [0.4, 0.5) is 0 Å². The van der Waals surface area contributed by atoms with Crippen LogP contribution >= 0.6 is 15.9 Å². The Morgan fingerprint density at radius 2 is 2.28 bits per heavy atom. The Morgan fingerprint density at radius 1 is 1.44 bits per heavy atom. The van der Waals surface area contributed by atoms with Crippen LogP contribution in [0.3, 0.4) is 0 Å². The van der Waals surface area contributed by atoms with Crippen molar-refractivity contribution in [1.82, 2.24) is 4.90 Å². The zero-order valence-electron chi connectivity index (χ0n) is 10.2. The highest BCUT2D eigenvalue weighted by Gasteiger charge is 2.46. The molecule has 3 atom stereocenters. The summed E-state index contributed by atoms with van der Waals surface area (Å²) in [6.07, 6.45) is 1.93. The standard InChI is InChI=1S/C14H17BrN2O/c15-10-3-1-2-9(6-10)12-7-13(12)14(18)17-5-4-11(16)8-17/h1-3,6,11-13H,4-5,7-8,16H2/t11-,12?,13?/m1/s1. The van der Waals surface area contributed by atoms with Crippen LogP contribution in [-0.2, 0) is 4.79 Å². The van der Waals surface area contributed by atoms with Gasteiger partial charge in [-0.2, -0.15) is 0 Å². The Hall–Kier alpha value is -0.870. The first-order valence-electron chi connectivity index (χ1n) is 6.45. The molecule has 2 unspecified atom stereocenters. The number of carbonyl (C=O) groups is 1. The molecule has 1 aliphatic carbocycles. The molecule has 2 fully saturated rings. The quantitative estimate of drug-likeness (QED) is 0.909. The van der Waals surface area contributed by atoms with Gasteiger partial charge in [-0.15, -0.1) is 0 Å². The van der Waals surface area contributed by atoms with Crippen molar-refractivity contribution in [2.45, 2.75) is 24.8 Å². The Balaban J connectivity index is 1.65. The van der Waals surface area contributed by atoms with Crippen molar-refractivity contribution in [3.05, 3.63) is 34.3 Å². The minimum absolute atomic E-state index is 0.178. The third-order valence-corrected chi connectivity index (χ3v) is 4.41. The predicted molar refractivity (Wildman–Crippen MR) is 74.2 cm³/mol. The molecule has 1 saturated heterocycles. The van der Waals surface area contributed by atoms with Gasteiger partial charge in [0, 0.05) is 29.5 Å². The molecule has 3 rings (SSSR count). The fourth-order valence-electron chi connectivity index (χ4n) is 2.80. The maximum atomic E-state index is 12.3. The van der Waals surface area contributed by atoms with Crippen LogP contribution in [0.25, 0.3) is 0 Å². The van der Waals surface area contributed by atoms with Gasteiger partial charge in [0.05, 0.1) is 0 Å². The van der Waals surface area contributed by atoms with Crippen molar-refractivity contribution in [1.29, 1.82) is 0 Å². The number of rotatable bonds is 2. The van der Waals surface area contributed by atoms with Gasteiger partial charge in [-0.1, -0.05) is 28.1 Å². The van der Waals surface area contributed by atoms with E-state index in [0.717, 1.165) is 30.4 Å². The maximum Gasteiger partial charge on any atom is 0.226 e. The van der Waals surface area contributed by atoms with E-state index in [1.165, 1.54) is 5.56 Å². The molecule has 4 heteroatoms. The van der Waals surface area contributed by atoms with Crippen molar-refractivity contribution in [2.24, 2.45) is 11.7 Å². The summed E-state index contributed by atoms with van der Waals surface area (Å²) in [5, 5.41) is 0. The van der Waals surface area contributed by atoms with Gasteiger partial charge in [0.2, 0.25) is 5.91 Å². The minimum Gasteiger partial charge on any atom is -0.341 e. The molecule has 2 N–H and O–H groups in total. The Kier molecular flexibility index (Phi) is 3.16. The van der Waals surface area contributed by atoms with Gasteiger partial charge in [-0.25, -0.2) is 0 Å². The minimum atomic E-state index is 0.178. The van der Waals surface area contributed by atoms with E-state index in [4.69, 9.17) is 5.73 Å². The highest BCUT2D eigenvalue weighted by molar-refractivity contribution is 9.10. The first kappa shape index (κ1) is 12.2. The highest BCUT2D eigenvalue weighted by atomic mass is 79.9. The zero-order valence-corrected chi connectivity index (χ0v) is 11.8. The summed E-state index contributed by atoms with van der Waals surface area (Å²) >= 11 is 3.48. The normalized spacial score (nSPS) is 30.6. The lowest BCUT2D eigenvalue weighted by Crippen LogP contribution is -2.33. The van der Waals surface area contributed by atoms with Gasteiger partial charge < -0.3 is 10.6 Å². The van der Waals surface area contributed by atoms with E-state index in [-0.39, 0.29) is 12.0 Å². The second kappa shape index (κ2) is 4.67. The molecular weight excluding hydrogens is 292 g/mol. The zero-order chi connectivity index (χ0) is 12.7. The molecule has 1 aromatic rings. The SMILES string of the molecule is N[C@@H]1CCN(C(=O)C2CC2c2cccc(Br)c2)C1. The molecule has 96 valence electrons. The fourth-order valence-corrected chi connectivity index (χ4v) is 3.21. The summed E-state index contributed by atoms with van der Waals surface area (Å²) in [7, 11) is 0. The van der Waals surface area contributed by atoms with Crippen LogP contribution in [0, 0.1) is 5.92 Å². The van der Waals surface area contributed by atoms with Crippen molar-refractivity contribution in [3.63, 3.8) is 0 Å². The molecule has 1 amide bonds. The average molecular weight is 309 g/mol. The molecule has 0 bridgehead atoms. The maximum absolute atomic E-state index is 12.3. The van der Waals surface area contributed by atoms with Crippen LogP contribution < -0.4 is 5.73 Å². The Bertz CT molecular complexity index is 477. The molecular formula is C14H17BrN2O. The van der Waals surface area contributed by atoms with Crippen LogP contribution in [-0.4, -0.2) is 29.9 Å². The van der Waals surface area contributed by atoms with Gasteiger partial charge in [-0.05, 0) is 36.5 Å². The van der Waals surface area contributed by atoms with Crippen LogP contribution in [0.2, 0.25) is 0 Å². The van der Waals surface area contributed by atoms with E-state index in [1.807, 2.05) is 17.0 Å². The van der Waals surface area contributed by atoms with Crippen LogP contribution in [0.5, 0.6) is 0 Å². The summed E-state index contributed by atoms with van der Waals surface area (Å²) in [5.41, 5.74) is 7.12. The largest absolute Gasteiger partial charge is 0.341 e. The van der Waals surface area contributed by atoms with E-state index in [0.29, 0.717) is 11.8 Å². The molecule has 1 aliphatic heterocycles. The van der Waals surface area contributed by atoms with Crippen molar-refractivity contribution < 1.29 is 4.79 Å². The summed E-state index contributed by atoms with van der Waals surface area (Å²) in [5.74, 6) is 0.893. The van der Waals surface area contributed by atoms with E-state index >= 15 is 0 Å². The number of amides is 1. The topological polar surface area (TPSA) is 46.3 Å². The monoisotopic (exact) mass is 308 g/mol. The first-order chi connectivity index (χ1) is 8.65. The Morgan fingerprint density at radius 3 is 2.94 bits per heavy atom. The number of carbonyl (C=O) groups excluding carboxylic acids is 1. The van der Waals surface area contributed by atoms with Gasteiger partial charge in [0.25, 0.3) is 0 Å². The number of hydrogen-bond acceptors (Lipinski definition) is 2. The smallest absolute Gasteiger partial charge is 0.226 e. The number of nitrogens with zero attached hydrogens (tertiary/aromatic N) is 1. The number of likely N-dealkylation sites (tertiary alicyclic amines) is 1. The molecule has 1 aromatic carbocycles. The van der Waals surface area contributed by atoms with Crippen molar-refractivity contribution in [2.75, 3.05) is 13.1 Å². The second-order valence-corrected chi connectivity index (χ2v) is 6.25. The van der Waals surface area contributed by atoms with Crippen LogP contribution in [0.1, 0.15) is 24.3 Å². The number of nitrogens with two attached hydrogens (primary N) is 1. The summed E-state index contributed by atoms with van der Waals surface area (Å²) in [6, 6.07) is 8.45. The molecule has 0 aromatic heterocycles. The highest BCUT2D eigenvalue weighted by Crippen LogP contribution is 2.49. The summed E-state index contributed by atoms with van der Waals surface area (Å²) < 4.78 is 1.08. The molecule has 1 heterocycles. The second-order valence-electron chi connectivity index (χ2n) is 5.34. The molecule has 1 saturated carbocycles. The molecule has 18 heavy (non-hydrogen) atoms. The lowest BCUT2D eigenvalue weighted by Gasteiger charge is -2.15. The Labute approximate surface area is 115 Å². The molecule has 0 spiro atoms. The third kappa shape index (κ3) is 2.31. The first-order valence-corrected chi connectivity index (χ1v) is 7.24. The number of benzene rings is 1. The molecule has 3 nitrogen and oxygen atoms in total. The van der Waals surface area contributed by atoms with Gasteiger partial charge in [-0.3, -0.25) is 4.79 Å². The summed E-state index contributed by atoms with van der Waals surface area (Å²) in [6.45, 7) is 1.57.